The number of aryl methyl sites for hydroxylation is 1. The minimum absolute atomic E-state index is 0.0649. The van der Waals surface area contributed by atoms with E-state index in [0.717, 1.165) is 11.1 Å². The Kier molecular flexibility index (Phi) is 7.19. The summed E-state index contributed by atoms with van der Waals surface area (Å²) in [5.74, 6) is 0.788. The van der Waals surface area contributed by atoms with Gasteiger partial charge in [-0.15, -0.1) is 0 Å². The number of hydrogen-bond donors (Lipinski definition) is 2. The van der Waals surface area contributed by atoms with Crippen molar-refractivity contribution in [3.8, 4) is 11.4 Å². The number of benzene rings is 2. The predicted octanol–water partition coefficient (Wildman–Crippen LogP) is 4.55. The van der Waals surface area contributed by atoms with Crippen LogP contribution in [0.5, 0.6) is 0 Å². The molecule has 1 unspecified atom stereocenters. The van der Waals surface area contributed by atoms with Gasteiger partial charge in [-0.25, -0.2) is 0 Å². The smallest absolute Gasteiger partial charge is 0.226 e. The molecule has 0 saturated carbocycles. The summed E-state index contributed by atoms with van der Waals surface area (Å²) in [5.41, 5.74) is 2.44. The van der Waals surface area contributed by atoms with Crippen LogP contribution in [0.3, 0.4) is 0 Å². The number of nitrogens with one attached hydrogen (secondary N) is 2. The lowest BCUT2D eigenvalue weighted by Crippen LogP contribution is -2.26. The van der Waals surface area contributed by atoms with Gasteiger partial charge in [0, 0.05) is 36.0 Å². The van der Waals surface area contributed by atoms with E-state index >= 15 is 0 Å². The van der Waals surface area contributed by atoms with Crippen LogP contribution < -0.4 is 10.6 Å². The van der Waals surface area contributed by atoms with Gasteiger partial charge < -0.3 is 15.2 Å². The first-order valence-corrected chi connectivity index (χ1v) is 10.0. The van der Waals surface area contributed by atoms with Crippen molar-refractivity contribution >= 4 is 29.1 Å². The molecule has 0 fully saturated rings. The van der Waals surface area contributed by atoms with Crippen molar-refractivity contribution in [3.63, 3.8) is 0 Å². The molecule has 30 heavy (non-hydrogen) atoms. The van der Waals surface area contributed by atoms with Gasteiger partial charge in [-0.3, -0.25) is 9.59 Å². The molecule has 0 bridgehead atoms. The van der Waals surface area contributed by atoms with Crippen LogP contribution in [0.4, 0.5) is 5.69 Å². The Balaban J connectivity index is 1.47. The number of anilines is 1. The Bertz CT molecular complexity index is 1020. The SMILES string of the molecule is CC(=O)Nc1cccc(C(C)NC(=O)CCCc2nc(-c3ccc(Cl)cc3)no2)c1. The summed E-state index contributed by atoms with van der Waals surface area (Å²) in [4.78, 5) is 27.8. The first-order chi connectivity index (χ1) is 14.4. The van der Waals surface area contributed by atoms with Crippen LogP contribution in [-0.2, 0) is 16.0 Å². The molecule has 2 amide bonds. The number of amides is 2. The highest BCUT2D eigenvalue weighted by atomic mass is 35.5. The van der Waals surface area contributed by atoms with E-state index in [4.69, 9.17) is 16.1 Å². The molecular formula is C22H23ClN4O3. The summed E-state index contributed by atoms with van der Waals surface area (Å²) in [6.45, 7) is 3.36. The molecule has 3 aromatic rings. The van der Waals surface area contributed by atoms with Crippen LogP contribution in [0.1, 0.15) is 44.2 Å². The number of hydrogen-bond acceptors (Lipinski definition) is 5. The van der Waals surface area contributed by atoms with Gasteiger partial charge in [0.15, 0.2) is 0 Å². The number of aromatic nitrogens is 2. The Morgan fingerprint density at radius 1 is 1.17 bits per heavy atom. The molecule has 3 rings (SSSR count). The van der Waals surface area contributed by atoms with Crippen LogP contribution in [0, 0.1) is 0 Å². The molecule has 2 N–H and O–H groups in total. The molecule has 0 aliphatic carbocycles. The van der Waals surface area contributed by atoms with E-state index in [2.05, 4.69) is 20.8 Å². The fourth-order valence-corrected chi connectivity index (χ4v) is 3.08. The largest absolute Gasteiger partial charge is 0.350 e. The topological polar surface area (TPSA) is 97.1 Å². The molecule has 0 aliphatic heterocycles. The first kappa shape index (κ1) is 21.5. The molecule has 1 heterocycles. The second-order valence-electron chi connectivity index (χ2n) is 6.97. The van der Waals surface area contributed by atoms with E-state index in [1.165, 1.54) is 6.92 Å². The van der Waals surface area contributed by atoms with Gasteiger partial charge in [-0.2, -0.15) is 4.98 Å². The maximum atomic E-state index is 12.3. The molecule has 7 nitrogen and oxygen atoms in total. The average molecular weight is 427 g/mol. The standard InChI is InChI=1S/C22H23ClN4O3/c1-14(17-5-3-6-19(13-17)25-15(2)28)24-20(29)7-4-8-21-26-22(27-30-21)16-9-11-18(23)12-10-16/h3,5-6,9-14H,4,7-8H2,1-2H3,(H,24,29)(H,25,28). The van der Waals surface area contributed by atoms with Crippen molar-refractivity contribution in [1.29, 1.82) is 0 Å². The summed E-state index contributed by atoms with van der Waals surface area (Å²) < 4.78 is 5.27. The van der Waals surface area contributed by atoms with Crippen LogP contribution in [-0.4, -0.2) is 22.0 Å². The van der Waals surface area contributed by atoms with Gasteiger partial charge in [0.25, 0.3) is 0 Å². The van der Waals surface area contributed by atoms with Crippen LogP contribution in [0.25, 0.3) is 11.4 Å². The molecule has 1 atom stereocenters. The van der Waals surface area contributed by atoms with Crippen LogP contribution in [0.15, 0.2) is 53.1 Å². The quantitative estimate of drug-likeness (QED) is 0.550. The minimum Gasteiger partial charge on any atom is -0.350 e. The Morgan fingerprint density at radius 3 is 2.67 bits per heavy atom. The second kappa shape index (κ2) is 10.0. The summed E-state index contributed by atoms with van der Waals surface area (Å²) in [5, 5.41) is 10.3. The van der Waals surface area contributed by atoms with E-state index in [0.29, 0.717) is 41.7 Å². The monoisotopic (exact) mass is 426 g/mol. The van der Waals surface area contributed by atoms with Crippen molar-refractivity contribution in [2.45, 2.75) is 39.2 Å². The molecule has 0 radical (unpaired) electrons. The lowest BCUT2D eigenvalue weighted by atomic mass is 10.1. The number of halogens is 1. The van der Waals surface area contributed by atoms with Gasteiger partial charge in [0.2, 0.25) is 23.5 Å². The van der Waals surface area contributed by atoms with Gasteiger partial charge in [0.1, 0.15) is 0 Å². The summed E-state index contributed by atoms with van der Waals surface area (Å²) in [6, 6.07) is 14.4. The average Bonchev–Trinajstić information content (AvgIpc) is 3.17. The highest BCUT2D eigenvalue weighted by Crippen LogP contribution is 2.20. The zero-order valence-electron chi connectivity index (χ0n) is 16.8. The molecule has 0 aliphatic rings. The summed E-state index contributed by atoms with van der Waals surface area (Å²) in [7, 11) is 0. The van der Waals surface area contributed by atoms with E-state index in [1.807, 2.05) is 43.3 Å². The molecule has 156 valence electrons. The lowest BCUT2D eigenvalue weighted by molar-refractivity contribution is -0.121. The number of carbonyl (C=O) groups excluding carboxylic acids is 2. The van der Waals surface area contributed by atoms with E-state index < -0.39 is 0 Å². The van der Waals surface area contributed by atoms with Crippen LogP contribution >= 0.6 is 11.6 Å². The number of rotatable bonds is 8. The molecular weight excluding hydrogens is 404 g/mol. The third-order valence-corrected chi connectivity index (χ3v) is 4.70. The molecule has 0 saturated heterocycles. The van der Waals surface area contributed by atoms with Crippen molar-refractivity contribution in [2.24, 2.45) is 0 Å². The van der Waals surface area contributed by atoms with E-state index in [9.17, 15) is 9.59 Å². The lowest BCUT2D eigenvalue weighted by Gasteiger charge is -2.15. The zero-order chi connectivity index (χ0) is 21.5. The Labute approximate surface area is 179 Å². The van der Waals surface area contributed by atoms with E-state index in [-0.39, 0.29) is 17.9 Å². The van der Waals surface area contributed by atoms with Crippen molar-refractivity contribution in [1.82, 2.24) is 15.5 Å². The first-order valence-electron chi connectivity index (χ1n) is 9.66. The van der Waals surface area contributed by atoms with E-state index in [1.54, 1.807) is 12.1 Å². The normalized spacial score (nSPS) is 11.7. The third kappa shape index (κ3) is 6.15. The maximum absolute atomic E-state index is 12.3. The second-order valence-corrected chi connectivity index (χ2v) is 7.40. The van der Waals surface area contributed by atoms with Gasteiger partial charge in [-0.1, -0.05) is 28.9 Å². The molecule has 8 heteroatoms. The van der Waals surface area contributed by atoms with Gasteiger partial charge in [-0.05, 0) is 55.3 Å². The van der Waals surface area contributed by atoms with Crippen molar-refractivity contribution in [2.75, 3.05) is 5.32 Å². The maximum Gasteiger partial charge on any atom is 0.226 e. The van der Waals surface area contributed by atoms with Crippen molar-refractivity contribution in [3.05, 3.63) is 65.0 Å². The predicted molar refractivity (Wildman–Crippen MR) is 115 cm³/mol. The minimum atomic E-state index is -0.175. The Hall–Kier alpha value is -3.19. The summed E-state index contributed by atoms with van der Waals surface area (Å²) in [6.07, 6.45) is 1.45. The zero-order valence-corrected chi connectivity index (χ0v) is 17.6. The molecule has 0 spiro atoms. The summed E-state index contributed by atoms with van der Waals surface area (Å²) >= 11 is 5.89. The molecule has 1 aromatic heterocycles. The highest BCUT2D eigenvalue weighted by molar-refractivity contribution is 6.30. The highest BCUT2D eigenvalue weighted by Gasteiger charge is 2.12. The number of nitrogens with zero attached hydrogens (tertiary/aromatic N) is 2. The van der Waals surface area contributed by atoms with Crippen molar-refractivity contribution < 1.29 is 14.1 Å². The van der Waals surface area contributed by atoms with Gasteiger partial charge >= 0.3 is 0 Å². The van der Waals surface area contributed by atoms with Gasteiger partial charge in [0.05, 0.1) is 6.04 Å². The number of carbonyl (C=O) groups is 2. The Morgan fingerprint density at radius 2 is 1.93 bits per heavy atom. The van der Waals surface area contributed by atoms with Crippen LogP contribution in [0.2, 0.25) is 5.02 Å². The molecule has 2 aromatic carbocycles. The third-order valence-electron chi connectivity index (χ3n) is 4.45. The fourth-order valence-electron chi connectivity index (χ4n) is 2.96. The fraction of sp³-hybridized carbons (Fsp3) is 0.273.